The fourth-order valence-electron chi connectivity index (χ4n) is 2.71. The minimum Gasteiger partial charge on any atom is -0.339 e. The lowest BCUT2D eigenvalue weighted by Crippen LogP contribution is -2.55. The molecule has 2 aliphatic heterocycles. The van der Waals surface area contributed by atoms with E-state index in [-0.39, 0.29) is 11.8 Å². The zero-order valence-corrected chi connectivity index (χ0v) is 12.8. The van der Waals surface area contributed by atoms with E-state index >= 15 is 0 Å². The van der Waals surface area contributed by atoms with Gasteiger partial charge in [0.05, 0.1) is 12.6 Å². The average Bonchev–Trinajstić information content (AvgIpc) is 2.76. The van der Waals surface area contributed by atoms with Gasteiger partial charge < -0.3 is 9.80 Å². The van der Waals surface area contributed by atoms with Crippen molar-refractivity contribution in [3.8, 4) is 0 Å². The number of alkyl halides is 2. The average molecular weight is 303 g/mol. The highest BCUT2D eigenvalue weighted by molar-refractivity contribution is 5.84. The SMILES string of the molecule is CC(C)(C)C(=O)N1CCN(C(=O)C2CC(F)(F)CN2)CC1. The number of carbonyl (C=O) groups is 2. The monoisotopic (exact) mass is 303 g/mol. The molecule has 120 valence electrons. The number of piperazine rings is 1. The maximum Gasteiger partial charge on any atom is 0.262 e. The van der Waals surface area contributed by atoms with Crippen LogP contribution in [0.25, 0.3) is 0 Å². The molecule has 2 aliphatic rings. The molecule has 2 rings (SSSR count). The number of amides is 2. The van der Waals surface area contributed by atoms with Crippen LogP contribution >= 0.6 is 0 Å². The summed E-state index contributed by atoms with van der Waals surface area (Å²) < 4.78 is 26.3. The van der Waals surface area contributed by atoms with Crippen molar-refractivity contribution in [2.75, 3.05) is 32.7 Å². The quantitative estimate of drug-likeness (QED) is 0.776. The molecule has 2 saturated heterocycles. The lowest BCUT2D eigenvalue weighted by Gasteiger charge is -2.38. The van der Waals surface area contributed by atoms with Crippen molar-refractivity contribution in [2.45, 2.75) is 39.2 Å². The van der Waals surface area contributed by atoms with E-state index in [4.69, 9.17) is 0 Å². The molecule has 1 atom stereocenters. The van der Waals surface area contributed by atoms with Gasteiger partial charge in [0.25, 0.3) is 5.92 Å². The van der Waals surface area contributed by atoms with Crippen LogP contribution < -0.4 is 5.32 Å². The van der Waals surface area contributed by atoms with Crippen molar-refractivity contribution < 1.29 is 18.4 Å². The van der Waals surface area contributed by atoms with E-state index in [0.717, 1.165) is 0 Å². The molecule has 2 fully saturated rings. The summed E-state index contributed by atoms with van der Waals surface area (Å²) in [6, 6.07) is -0.801. The molecule has 1 N–H and O–H groups in total. The summed E-state index contributed by atoms with van der Waals surface area (Å²) in [6.45, 7) is 6.88. The molecule has 0 aromatic heterocycles. The van der Waals surface area contributed by atoms with E-state index in [1.165, 1.54) is 0 Å². The van der Waals surface area contributed by atoms with Crippen LogP contribution in [0, 0.1) is 5.41 Å². The van der Waals surface area contributed by atoms with E-state index in [2.05, 4.69) is 5.32 Å². The third kappa shape index (κ3) is 3.70. The Balaban J connectivity index is 1.87. The van der Waals surface area contributed by atoms with Gasteiger partial charge in [-0.1, -0.05) is 20.8 Å². The Morgan fingerprint density at radius 1 is 1.10 bits per heavy atom. The van der Waals surface area contributed by atoms with Crippen LogP contribution in [-0.4, -0.2) is 66.3 Å². The molecule has 1 unspecified atom stereocenters. The Kier molecular flexibility index (Phi) is 4.24. The van der Waals surface area contributed by atoms with Gasteiger partial charge in [-0.2, -0.15) is 0 Å². The summed E-state index contributed by atoms with van der Waals surface area (Å²) in [7, 11) is 0. The number of nitrogens with one attached hydrogen (secondary N) is 1. The van der Waals surface area contributed by atoms with Gasteiger partial charge in [-0.3, -0.25) is 14.9 Å². The normalized spacial score (nSPS) is 26.0. The second-order valence-electron chi connectivity index (χ2n) is 6.86. The Hall–Kier alpha value is -1.24. The fourth-order valence-corrected chi connectivity index (χ4v) is 2.71. The third-order valence-corrected chi connectivity index (χ3v) is 3.93. The Labute approximate surface area is 123 Å². The van der Waals surface area contributed by atoms with Crippen LogP contribution in [-0.2, 0) is 9.59 Å². The third-order valence-electron chi connectivity index (χ3n) is 3.93. The minimum atomic E-state index is -2.80. The Bertz CT molecular complexity index is 426. The fraction of sp³-hybridized carbons (Fsp3) is 0.857. The summed E-state index contributed by atoms with van der Waals surface area (Å²) in [4.78, 5) is 27.6. The second kappa shape index (κ2) is 5.51. The first-order valence-electron chi connectivity index (χ1n) is 7.29. The smallest absolute Gasteiger partial charge is 0.262 e. The van der Waals surface area contributed by atoms with Crippen LogP contribution in [0.15, 0.2) is 0 Å². The van der Waals surface area contributed by atoms with E-state index < -0.39 is 30.3 Å². The van der Waals surface area contributed by atoms with Crippen LogP contribution in [0.3, 0.4) is 0 Å². The highest BCUT2D eigenvalue weighted by Crippen LogP contribution is 2.26. The van der Waals surface area contributed by atoms with Gasteiger partial charge in [-0.15, -0.1) is 0 Å². The molecule has 2 heterocycles. The van der Waals surface area contributed by atoms with Crippen molar-refractivity contribution >= 4 is 11.8 Å². The van der Waals surface area contributed by atoms with E-state index in [9.17, 15) is 18.4 Å². The lowest BCUT2D eigenvalue weighted by atomic mass is 9.94. The van der Waals surface area contributed by atoms with Crippen molar-refractivity contribution in [3.05, 3.63) is 0 Å². The van der Waals surface area contributed by atoms with E-state index in [1.807, 2.05) is 20.8 Å². The van der Waals surface area contributed by atoms with Crippen LogP contribution in [0.5, 0.6) is 0 Å². The molecular weight excluding hydrogens is 280 g/mol. The first-order chi connectivity index (χ1) is 9.60. The summed E-state index contributed by atoms with van der Waals surface area (Å²) in [6.07, 6.45) is -0.438. The van der Waals surface area contributed by atoms with Gasteiger partial charge in [0.15, 0.2) is 0 Å². The molecule has 0 aromatic rings. The summed E-state index contributed by atoms with van der Waals surface area (Å²) in [5.74, 6) is -3.03. The number of nitrogens with zero attached hydrogens (tertiary/aromatic N) is 2. The number of rotatable bonds is 1. The van der Waals surface area contributed by atoms with Crippen molar-refractivity contribution in [3.63, 3.8) is 0 Å². The predicted octanol–water partition coefficient (Wildman–Crippen LogP) is 0.701. The zero-order valence-electron chi connectivity index (χ0n) is 12.8. The van der Waals surface area contributed by atoms with Gasteiger partial charge in [0.2, 0.25) is 11.8 Å². The second-order valence-corrected chi connectivity index (χ2v) is 6.86. The predicted molar refractivity (Wildman–Crippen MR) is 74.0 cm³/mol. The number of hydrogen-bond acceptors (Lipinski definition) is 3. The van der Waals surface area contributed by atoms with Gasteiger partial charge in [0, 0.05) is 38.0 Å². The maximum absolute atomic E-state index is 13.1. The number of hydrogen-bond donors (Lipinski definition) is 1. The van der Waals surface area contributed by atoms with Crippen LogP contribution in [0.4, 0.5) is 8.78 Å². The molecule has 0 saturated carbocycles. The number of carbonyl (C=O) groups excluding carboxylic acids is 2. The van der Waals surface area contributed by atoms with Crippen LogP contribution in [0.2, 0.25) is 0 Å². The van der Waals surface area contributed by atoms with Crippen molar-refractivity contribution in [2.24, 2.45) is 5.41 Å². The Morgan fingerprint density at radius 3 is 2.05 bits per heavy atom. The van der Waals surface area contributed by atoms with Crippen molar-refractivity contribution in [1.82, 2.24) is 15.1 Å². The lowest BCUT2D eigenvalue weighted by molar-refractivity contribution is -0.145. The van der Waals surface area contributed by atoms with Gasteiger partial charge >= 0.3 is 0 Å². The Morgan fingerprint density at radius 2 is 1.62 bits per heavy atom. The standard InChI is InChI=1S/C14H23F2N3O2/c1-13(2,3)12(21)19-6-4-18(5-7-19)11(20)10-8-14(15,16)9-17-10/h10,17H,4-9H2,1-3H3. The van der Waals surface area contributed by atoms with Crippen molar-refractivity contribution in [1.29, 1.82) is 0 Å². The summed E-state index contributed by atoms with van der Waals surface area (Å²) >= 11 is 0. The first-order valence-corrected chi connectivity index (χ1v) is 7.29. The summed E-state index contributed by atoms with van der Waals surface area (Å²) in [5, 5.41) is 2.58. The van der Waals surface area contributed by atoms with Gasteiger partial charge in [0.1, 0.15) is 0 Å². The molecule has 0 spiro atoms. The molecule has 2 amide bonds. The molecule has 21 heavy (non-hydrogen) atoms. The van der Waals surface area contributed by atoms with E-state index in [1.54, 1.807) is 9.80 Å². The molecule has 7 heteroatoms. The molecule has 5 nitrogen and oxygen atoms in total. The molecule has 0 bridgehead atoms. The minimum absolute atomic E-state index is 0.0557. The van der Waals surface area contributed by atoms with E-state index in [0.29, 0.717) is 26.2 Å². The first kappa shape index (κ1) is 16.1. The van der Waals surface area contributed by atoms with Gasteiger partial charge in [-0.25, -0.2) is 8.78 Å². The number of halogens is 2. The molecule has 0 aliphatic carbocycles. The van der Waals surface area contributed by atoms with Crippen LogP contribution in [0.1, 0.15) is 27.2 Å². The van der Waals surface area contributed by atoms with Gasteiger partial charge in [-0.05, 0) is 0 Å². The topological polar surface area (TPSA) is 52.7 Å². The summed E-state index contributed by atoms with van der Waals surface area (Å²) in [5.41, 5.74) is -0.443. The zero-order chi connectivity index (χ0) is 15.8. The molecule has 0 radical (unpaired) electrons. The maximum atomic E-state index is 13.1. The highest BCUT2D eigenvalue weighted by Gasteiger charge is 2.44. The molecular formula is C14H23F2N3O2. The highest BCUT2D eigenvalue weighted by atomic mass is 19.3. The molecule has 0 aromatic carbocycles. The largest absolute Gasteiger partial charge is 0.339 e.